The molecule has 1 saturated carbocycles. The number of halogens is 1. The monoisotopic (exact) mass is 238 g/mol. The van der Waals surface area contributed by atoms with E-state index in [1.54, 1.807) is 6.20 Å². The van der Waals surface area contributed by atoms with Crippen molar-refractivity contribution in [1.82, 2.24) is 4.98 Å². The molecule has 2 unspecified atom stereocenters. The largest absolute Gasteiger partial charge is 0.366 e. The second-order valence-electron chi connectivity index (χ2n) is 4.62. The number of anilines is 1. The molecule has 3 heteroatoms. The van der Waals surface area contributed by atoms with Gasteiger partial charge in [-0.3, -0.25) is 0 Å². The zero-order valence-electron chi connectivity index (χ0n) is 9.75. The molecule has 1 aliphatic carbocycles. The second kappa shape index (κ2) is 5.53. The van der Waals surface area contributed by atoms with Gasteiger partial charge in [0.2, 0.25) is 0 Å². The molecule has 2 rings (SSSR count). The fourth-order valence-corrected chi connectivity index (χ4v) is 2.65. The highest BCUT2D eigenvalue weighted by Crippen LogP contribution is 2.29. The van der Waals surface area contributed by atoms with Gasteiger partial charge in [-0.1, -0.05) is 37.8 Å². The van der Waals surface area contributed by atoms with Crippen molar-refractivity contribution in [3.05, 3.63) is 23.4 Å². The van der Waals surface area contributed by atoms with Crippen LogP contribution in [0.2, 0.25) is 5.02 Å². The quantitative estimate of drug-likeness (QED) is 0.857. The first-order valence-electron chi connectivity index (χ1n) is 6.16. The van der Waals surface area contributed by atoms with Gasteiger partial charge in [0.15, 0.2) is 0 Å². The van der Waals surface area contributed by atoms with Crippen molar-refractivity contribution in [2.24, 2.45) is 5.92 Å². The van der Waals surface area contributed by atoms with Crippen LogP contribution in [-0.4, -0.2) is 11.0 Å². The van der Waals surface area contributed by atoms with Gasteiger partial charge in [-0.25, -0.2) is 4.98 Å². The maximum absolute atomic E-state index is 6.09. The molecule has 1 fully saturated rings. The minimum atomic E-state index is 0.547. The minimum Gasteiger partial charge on any atom is -0.366 e. The average Bonchev–Trinajstić information content (AvgIpc) is 2.32. The standard InChI is InChI=1S/C13H19ClN2/c1-2-10-5-3-6-11(9-10)16-13-12(14)7-4-8-15-13/h4,7-8,10-11H,2-3,5-6,9H2,1H3,(H,15,16). The maximum atomic E-state index is 6.09. The summed E-state index contributed by atoms with van der Waals surface area (Å²) in [6.45, 7) is 2.28. The minimum absolute atomic E-state index is 0.547. The predicted molar refractivity (Wildman–Crippen MR) is 68.9 cm³/mol. The molecule has 2 atom stereocenters. The fourth-order valence-electron chi connectivity index (χ4n) is 2.48. The van der Waals surface area contributed by atoms with E-state index in [1.165, 1.54) is 32.1 Å². The van der Waals surface area contributed by atoms with E-state index in [2.05, 4.69) is 17.2 Å². The van der Waals surface area contributed by atoms with Crippen molar-refractivity contribution in [2.45, 2.75) is 45.1 Å². The molecule has 0 aromatic carbocycles. The summed E-state index contributed by atoms with van der Waals surface area (Å²) in [6, 6.07) is 4.30. The van der Waals surface area contributed by atoms with E-state index in [-0.39, 0.29) is 0 Å². The van der Waals surface area contributed by atoms with Crippen LogP contribution in [0.1, 0.15) is 39.0 Å². The number of rotatable bonds is 3. The molecule has 0 bridgehead atoms. The SMILES string of the molecule is CCC1CCCC(Nc2ncccc2Cl)C1. The molecule has 88 valence electrons. The topological polar surface area (TPSA) is 24.9 Å². The van der Waals surface area contributed by atoms with E-state index >= 15 is 0 Å². The Kier molecular flexibility index (Phi) is 4.05. The maximum Gasteiger partial charge on any atom is 0.144 e. The van der Waals surface area contributed by atoms with Crippen LogP contribution in [0.3, 0.4) is 0 Å². The zero-order valence-corrected chi connectivity index (χ0v) is 10.5. The van der Waals surface area contributed by atoms with Crippen molar-refractivity contribution in [2.75, 3.05) is 5.32 Å². The average molecular weight is 239 g/mol. The highest BCUT2D eigenvalue weighted by atomic mass is 35.5. The zero-order chi connectivity index (χ0) is 11.4. The first-order valence-corrected chi connectivity index (χ1v) is 6.54. The van der Waals surface area contributed by atoms with Gasteiger partial charge in [0.25, 0.3) is 0 Å². The van der Waals surface area contributed by atoms with Gasteiger partial charge in [-0.05, 0) is 30.9 Å². The van der Waals surface area contributed by atoms with Gasteiger partial charge < -0.3 is 5.32 Å². The van der Waals surface area contributed by atoms with Crippen molar-refractivity contribution >= 4 is 17.4 Å². The van der Waals surface area contributed by atoms with Crippen LogP contribution in [0.4, 0.5) is 5.82 Å². The van der Waals surface area contributed by atoms with E-state index in [0.717, 1.165) is 16.8 Å². The normalized spacial score (nSPS) is 25.4. The van der Waals surface area contributed by atoms with Crippen molar-refractivity contribution in [3.63, 3.8) is 0 Å². The molecular weight excluding hydrogens is 220 g/mol. The van der Waals surface area contributed by atoms with Gasteiger partial charge in [-0.2, -0.15) is 0 Å². The van der Waals surface area contributed by atoms with Crippen LogP contribution in [-0.2, 0) is 0 Å². The fraction of sp³-hybridized carbons (Fsp3) is 0.615. The van der Waals surface area contributed by atoms with Gasteiger partial charge in [0.05, 0.1) is 5.02 Å². The third-order valence-electron chi connectivity index (χ3n) is 3.46. The highest BCUT2D eigenvalue weighted by molar-refractivity contribution is 6.32. The summed E-state index contributed by atoms with van der Waals surface area (Å²) < 4.78 is 0. The summed E-state index contributed by atoms with van der Waals surface area (Å²) in [7, 11) is 0. The summed E-state index contributed by atoms with van der Waals surface area (Å²) in [5.74, 6) is 1.71. The molecule has 1 aliphatic rings. The van der Waals surface area contributed by atoms with Gasteiger partial charge >= 0.3 is 0 Å². The first-order chi connectivity index (χ1) is 7.79. The Labute approximate surface area is 102 Å². The van der Waals surface area contributed by atoms with Crippen LogP contribution in [0, 0.1) is 5.92 Å². The van der Waals surface area contributed by atoms with Crippen LogP contribution in [0.25, 0.3) is 0 Å². The molecule has 0 saturated heterocycles. The lowest BCUT2D eigenvalue weighted by atomic mass is 9.84. The molecular formula is C13H19ClN2. The Balaban J connectivity index is 1.97. The Morgan fingerprint density at radius 2 is 2.38 bits per heavy atom. The molecule has 0 amide bonds. The van der Waals surface area contributed by atoms with Gasteiger partial charge in [0, 0.05) is 12.2 Å². The van der Waals surface area contributed by atoms with E-state index in [0.29, 0.717) is 6.04 Å². The molecule has 1 aromatic rings. The number of pyridine rings is 1. The van der Waals surface area contributed by atoms with Crippen LogP contribution in [0.15, 0.2) is 18.3 Å². The molecule has 0 aliphatic heterocycles. The highest BCUT2D eigenvalue weighted by Gasteiger charge is 2.21. The third-order valence-corrected chi connectivity index (χ3v) is 3.76. The lowest BCUT2D eigenvalue weighted by molar-refractivity contribution is 0.327. The summed E-state index contributed by atoms with van der Waals surface area (Å²) in [6.07, 6.45) is 8.26. The van der Waals surface area contributed by atoms with Crippen LogP contribution >= 0.6 is 11.6 Å². The third kappa shape index (κ3) is 2.88. The van der Waals surface area contributed by atoms with E-state index in [1.807, 2.05) is 12.1 Å². The molecule has 2 nitrogen and oxygen atoms in total. The molecule has 0 spiro atoms. The first kappa shape index (κ1) is 11.7. The molecule has 1 heterocycles. The Morgan fingerprint density at radius 1 is 1.50 bits per heavy atom. The smallest absolute Gasteiger partial charge is 0.144 e. The van der Waals surface area contributed by atoms with Crippen LogP contribution < -0.4 is 5.32 Å². The van der Waals surface area contributed by atoms with Crippen LogP contribution in [0.5, 0.6) is 0 Å². The number of hydrogen-bond acceptors (Lipinski definition) is 2. The summed E-state index contributed by atoms with van der Waals surface area (Å²) in [5, 5.41) is 4.19. The summed E-state index contributed by atoms with van der Waals surface area (Å²) in [4.78, 5) is 4.28. The van der Waals surface area contributed by atoms with E-state index in [9.17, 15) is 0 Å². The van der Waals surface area contributed by atoms with Crippen molar-refractivity contribution < 1.29 is 0 Å². The van der Waals surface area contributed by atoms with Gasteiger partial charge in [0.1, 0.15) is 5.82 Å². The lowest BCUT2D eigenvalue weighted by Gasteiger charge is -2.29. The predicted octanol–water partition coefficient (Wildman–Crippen LogP) is 4.12. The number of nitrogens with one attached hydrogen (secondary N) is 1. The van der Waals surface area contributed by atoms with E-state index < -0.39 is 0 Å². The second-order valence-corrected chi connectivity index (χ2v) is 5.02. The number of aromatic nitrogens is 1. The molecule has 1 N–H and O–H groups in total. The molecule has 1 aromatic heterocycles. The summed E-state index contributed by atoms with van der Waals surface area (Å²) >= 11 is 6.09. The van der Waals surface area contributed by atoms with E-state index in [4.69, 9.17) is 11.6 Å². The molecule has 0 radical (unpaired) electrons. The molecule has 16 heavy (non-hydrogen) atoms. The summed E-state index contributed by atoms with van der Waals surface area (Å²) in [5.41, 5.74) is 0. The van der Waals surface area contributed by atoms with Gasteiger partial charge in [-0.15, -0.1) is 0 Å². The Morgan fingerprint density at radius 3 is 3.12 bits per heavy atom. The van der Waals surface area contributed by atoms with Crippen molar-refractivity contribution in [3.8, 4) is 0 Å². The Bertz CT molecular complexity index is 340. The number of hydrogen-bond donors (Lipinski definition) is 1. The van der Waals surface area contributed by atoms with Crippen molar-refractivity contribution in [1.29, 1.82) is 0 Å². The Hall–Kier alpha value is -0.760. The lowest BCUT2D eigenvalue weighted by Crippen LogP contribution is -2.27. The number of nitrogens with zero attached hydrogens (tertiary/aromatic N) is 1.